The Morgan fingerprint density at radius 1 is 1.12 bits per heavy atom. The van der Waals surface area contributed by atoms with E-state index < -0.39 is 11.9 Å². The fourth-order valence-corrected chi connectivity index (χ4v) is 4.49. The minimum atomic E-state index is -0.739. The number of phenols is 1. The first kappa shape index (κ1) is 20.8. The zero-order valence-electron chi connectivity index (χ0n) is 18.2. The number of rotatable bonds is 5. The van der Waals surface area contributed by atoms with Crippen molar-refractivity contribution < 1.29 is 14.7 Å². The highest BCUT2D eigenvalue weighted by Gasteiger charge is 2.39. The maximum Gasteiger partial charge on any atom is 0.258 e. The summed E-state index contributed by atoms with van der Waals surface area (Å²) in [7, 11) is 0. The van der Waals surface area contributed by atoms with E-state index in [4.69, 9.17) is 0 Å². The van der Waals surface area contributed by atoms with E-state index in [1.165, 1.54) is 11.0 Å². The van der Waals surface area contributed by atoms with Crippen LogP contribution in [0.15, 0.2) is 66.7 Å². The number of likely N-dealkylation sites (N-methyl/N-ethyl adjacent to an activating group) is 1. The molecule has 0 aliphatic carbocycles. The number of fused-ring (bicyclic) bond motifs is 2. The van der Waals surface area contributed by atoms with Gasteiger partial charge in [-0.3, -0.25) is 14.7 Å². The molecule has 166 valence electrons. The predicted molar refractivity (Wildman–Crippen MR) is 125 cm³/mol. The van der Waals surface area contributed by atoms with Crippen molar-refractivity contribution in [3.8, 4) is 5.75 Å². The molecule has 1 atom stereocenters. The summed E-state index contributed by atoms with van der Waals surface area (Å²) >= 11 is 0. The van der Waals surface area contributed by atoms with Crippen molar-refractivity contribution in [3.05, 3.63) is 94.7 Å². The van der Waals surface area contributed by atoms with Crippen LogP contribution in [0, 0.1) is 0 Å². The molecular weight excluding hydrogens is 416 g/mol. The molecule has 0 saturated carbocycles. The molecule has 7 nitrogen and oxygen atoms in total. The second kappa shape index (κ2) is 8.43. The minimum Gasteiger partial charge on any atom is -0.507 e. The Morgan fingerprint density at radius 3 is 2.67 bits per heavy atom. The van der Waals surface area contributed by atoms with Gasteiger partial charge < -0.3 is 15.3 Å². The van der Waals surface area contributed by atoms with Gasteiger partial charge in [-0.2, -0.15) is 5.10 Å². The fraction of sp³-hybridized carbons (Fsp3) is 0.192. The Morgan fingerprint density at radius 2 is 1.88 bits per heavy atom. The molecule has 0 saturated heterocycles. The molecule has 1 aliphatic heterocycles. The summed E-state index contributed by atoms with van der Waals surface area (Å²) in [5.74, 6) is -0.772. The van der Waals surface area contributed by atoms with E-state index in [1.54, 1.807) is 6.07 Å². The second-order valence-electron chi connectivity index (χ2n) is 8.18. The molecule has 1 aliphatic rings. The number of nitrogens with zero attached hydrogens (tertiary/aromatic N) is 2. The topological polar surface area (TPSA) is 98.3 Å². The molecular formula is C26H24N4O3. The van der Waals surface area contributed by atoms with E-state index in [0.717, 1.165) is 27.8 Å². The molecule has 2 amide bonds. The Bertz CT molecular complexity index is 1350. The molecule has 1 aromatic heterocycles. The van der Waals surface area contributed by atoms with Gasteiger partial charge in [-0.25, -0.2) is 0 Å². The predicted octanol–water partition coefficient (Wildman–Crippen LogP) is 3.69. The molecule has 0 radical (unpaired) electrons. The third-order valence-electron chi connectivity index (χ3n) is 6.07. The lowest BCUT2D eigenvalue weighted by Gasteiger charge is -2.25. The summed E-state index contributed by atoms with van der Waals surface area (Å²) in [5, 5.41) is 21.6. The molecule has 1 unspecified atom stereocenters. The van der Waals surface area contributed by atoms with Crippen molar-refractivity contribution in [3.63, 3.8) is 0 Å². The number of nitrogens with one attached hydrogen (secondary N) is 2. The number of carbonyl (C=O) groups is 2. The monoisotopic (exact) mass is 440 g/mol. The third-order valence-corrected chi connectivity index (χ3v) is 6.07. The zero-order chi connectivity index (χ0) is 22.9. The van der Waals surface area contributed by atoms with Crippen LogP contribution in [0.1, 0.15) is 45.7 Å². The molecule has 2 heterocycles. The molecule has 3 aromatic carbocycles. The van der Waals surface area contributed by atoms with E-state index in [-0.39, 0.29) is 17.2 Å². The van der Waals surface area contributed by atoms with Gasteiger partial charge in [-0.15, -0.1) is 0 Å². The van der Waals surface area contributed by atoms with E-state index in [9.17, 15) is 14.7 Å². The van der Waals surface area contributed by atoms with Gasteiger partial charge in [-0.1, -0.05) is 54.6 Å². The van der Waals surface area contributed by atoms with Gasteiger partial charge in [0.05, 0.1) is 16.8 Å². The quantitative estimate of drug-likeness (QED) is 0.441. The zero-order valence-corrected chi connectivity index (χ0v) is 18.2. The lowest BCUT2D eigenvalue weighted by Crippen LogP contribution is -2.39. The highest BCUT2D eigenvalue weighted by molar-refractivity contribution is 6.03. The van der Waals surface area contributed by atoms with Crippen molar-refractivity contribution in [1.29, 1.82) is 0 Å². The third kappa shape index (κ3) is 3.71. The number of aromatic hydroxyl groups is 1. The van der Waals surface area contributed by atoms with Crippen LogP contribution in [0.3, 0.4) is 0 Å². The average Bonchev–Trinajstić information content (AvgIpc) is 3.40. The van der Waals surface area contributed by atoms with Crippen LogP contribution in [-0.4, -0.2) is 38.6 Å². The normalized spacial score (nSPS) is 14.9. The van der Waals surface area contributed by atoms with Crippen LogP contribution < -0.4 is 5.32 Å². The van der Waals surface area contributed by atoms with Crippen LogP contribution in [0.25, 0.3) is 10.9 Å². The number of hydrogen-bond donors (Lipinski definition) is 3. The van der Waals surface area contributed by atoms with Crippen molar-refractivity contribution in [2.24, 2.45) is 0 Å². The molecule has 7 heteroatoms. The van der Waals surface area contributed by atoms with Crippen LogP contribution in [0.4, 0.5) is 0 Å². The van der Waals surface area contributed by atoms with Crippen molar-refractivity contribution in [2.75, 3.05) is 6.54 Å². The standard InChI is InChI=1S/C26H24N4O3/c1-2-27-25(32)24-18-11-7-6-10-17(18)15-30(24)26(33)20-13-19-21(12-16-8-4-3-5-9-16)28-29-22(19)14-23(20)31/h3-11,13-14,24,31H,2,12,15H2,1H3,(H,27,32)(H,28,29). The lowest BCUT2D eigenvalue weighted by atomic mass is 10.0. The number of hydrogen-bond acceptors (Lipinski definition) is 4. The summed E-state index contributed by atoms with van der Waals surface area (Å²) < 4.78 is 0. The van der Waals surface area contributed by atoms with E-state index in [1.807, 2.05) is 61.5 Å². The lowest BCUT2D eigenvalue weighted by molar-refractivity contribution is -0.125. The van der Waals surface area contributed by atoms with Gasteiger partial charge >= 0.3 is 0 Å². The molecule has 0 fully saturated rings. The van der Waals surface area contributed by atoms with Crippen LogP contribution in [0.2, 0.25) is 0 Å². The van der Waals surface area contributed by atoms with Crippen LogP contribution in [-0.2, 0) is 17.8 Å². The first-order valence-corrected chi connectivity index (χ1v) is 11.0. The number of benzene rings is 3. The highest BCUT2D eigenvalue weighted by atomic mass is 16.3. The number of H-pyrrole nitrogens is 1. The first-order chi connectivity index (χ1) is 16.1. The summed E-state index contributed by atoms with van der Waals surface area (Å²) in [6, 6.07) is 20.0. The molecule has 4 aromatic rings. The molecule has 5 rings (SSSR count). The second-order valence-corrected chi connectivity index (χ2v) is 8.18. The highest BCUT2D eigenvalue weighted by Crippen LogP contribution is 2.37. The van der Waals surface area contributed by atoms with Crippen LogP contribution in [0.5, 0.6) is 5.75 Å². The van der Waals surface area contributed by atoms with Crippen molar-refractivity contribution in [1.82, 2.24) is 20.4 Å². The summed E-state index contributed by atoms with van der Waals surface area (Å²) in [6.07, 6.45) is 0.593. The average molecular weight is 441 g/mol. The largest absolute Gasteiger partial charge is 0.507 e. The number of aromatic amines is 1. The molecule has 0 bridgehead atoms. The van der Waals surface area contributed by atoms with Crippen molar-refractivity contribution in [2.45, 2.75) is 25.9 Å². The smallest absolute Gasteiger partial charge is 0.258 e. The van der Waals surface area contributed by atoms with Crippen molar-refractivity contribution >= 4 is 22.7 Å². The van der Waals surface area contributed by atoms with Gasteiger partial charge in [0, 0.05) is 31.0 Å². The number of amides is 2. The van der Waals surface area contributed by atoms with Gasteiger partial charge in [0.1, 0.15) is 11.8 Å². The minimum absolute atomic E-state index is 0.145. The SMILES string of the molecule is CCNC(=O)C1c2ccccc2CN1C(=O)c1cc2c(Cc3ccccc3)n[nH]c2cc1O. The number of carbonyl (C=O) groups excluding carboxylic acids is 2. The fourth-order valence-electron chi connectivity index (χ4n) is 4.49. The van der Waals surface area contributed by atoms with E-state index >= 15 is 0 Å². The number of aromatic nitrogens is 2. The summed E-state index contributed by atoms with van der Waals surface area (Å²) in [6.45, 7) is 2.61. The summed E-state index contributed by atoms with van der Waals surface area (Å²) in [5.41, 5.74) is 4.43. The molecule has 0 spiro atoms. The molecule has 3 N–H and O–H groups in total. The van der Waals surface area contributed by atoms with Gasteiger partial charge in [0.25, 0.3) is 5.91 Å². The Kier molecular flexibility index (Phi) is 5.30. The Balaban J connectivity index is 1.53. The summed E-state index contributed by atoms with van der Waals surface area (Å²) in [4.78, 5) is 28.1. The van der Waals surface area contributed by atoms with Gasteiger partial charge in [-0.05, 0) is 29.7 Å². The Labute approximate surface area is 191 Å². The first-order valence-electron chi connectivity index (χ1n) is 11.0. The van der Waals surface area contributed by atoms with E-state index in [2.05, 4.69) is 15.5 Å². The molecule has 33 heavy (non-hydrogen) atoms. The van der Waals surface area contributed by atoms with E-state index in [0.29, 0.717) is 25.0 Å². The Hall–Kier alpha value is -4.13. The maximum atomic E-state index is 13.6. The van der Waals surface area contributed by atoms with Gasteiger partial charge in [0.2, 0.25) is 5.91 Å². The van der Waals surface area contributed by atoms with Gasteiger partial charge in [0.15, 0.2) is 0 Å². The number of phenolic OH excluding ortho intramolecular Hbond substituents is 1. The maximum absolute atomic E-state index is 13.6. The van der Waals surface area contributed by atoms with Crippen LogP contribution >= 0.6 is 0 Å².